The van der Waals surface area contributed by atoms with Crippen LogP contribution in [0, 0.1) is 6.92 Å². The fourth-order valence-corrected chi connectivity index (χ4v) is 3.58. The molecule has 0 radical (unpaired) electrons. The minimum Gasteiger partial charge on any atom is -0.504 e. The van der Waals surface area contributed by atoms with Crippen LogP contribution in [0.2, 0.25) is 0 Å². The fraction of sp³-hybridized carbons (Fsp3) is 0.500. The van der Waals surface area contributed by atoms with E-state index in [1.54, 1.807) is 6.92 Å². The summed E-state index contributed by atoms with van der Waals surface area (Å²) in [5, 5.41) is 13.5. The predicted molar refractivity (Wildman–Crippen MR) is 81.7 cm³/mol. The van der Waals surface area contributed by atoms with Gasteiger partial charge in [-0.25, -0.2) is 0 Å². The summed E-state index contributed by atoms with van der Waals surface area (Å²) in [6, 6.07) is -0.534. The van der Waals surface area contributed by atoms with Gasteiger partial charge in [0.15, 0.2) is 11.5 Å². The van der Waals surface area contributed by atoms with Crippen LogP contribution < -0.4 is 14.8 Å². The van der Waals surface area contributed by atoms with Gasteiger partial charge in [0.05, 0.1) is 19.2 Å². The van der Waals surface area contributed by atoms with E-state index >= 15 is 0 Å². The SMILES string of the molecule is COc1c(C)c(OC(C)=O)c2c(c1O)C1CNC(=O)C(C2)N1C. The van der Waals surface area contributed by atoms with E-state index in [1.165, 1.54) is 14.0 Å². The average Bonchev–Trinajstić information content (AvgIpc) is 2.48. The monoisotopic (exact) mass is 320 g/mol. The number of benzene rings is 1. The quantitative estimate of drug-likeness (QED) is 0.615. The molecule has 0 saturated carbocycles. The molecular formula is C16H20N2O5. The molecule has 3 rings (SSSR count). The topological polar surface area (TPSA) is 88.1 Å². The lowest BCUT2D eigenvalue weighted by molar-refractivity contribution is -0.132. The second kappa shape index (κ2) is 5.42. The molecule has 2 aliphatic heterocycles. The molecule has 0 spiro atoms. The summed E-state index contributed by atoms with van der Waals surface area (Å²) in [4.78, 5) is 25.5. The van der Waals surface area contributed by atoms with Crippen molar-refractivity contribution in [1.82, 2.24) is 10.2 Å². The minimum atomic E-state index is -0.448. The number of hydrogen-bond acceptors (Lipinski definition) is 6. The predicted octanol–water partition coefficient (Wildman–Crippen LogP) is 0.662. The Morgan fingerprint density at radius 1 is 1.35 bits per heavy atom. The van der Waals surface area contributed by atoms with E-state index in [9.17, 15) is 14.7 Å². The van der Waals surface area contributed by atoms with Crippen LogP contribution in [0.1, 0.15) is 29.7 Å². The number of carbonyl (C=O) groups excluding carboxylic acids is 2. The maximum Gasteiger partial charge on any atom is 0.308 e. The largest absolute Gasteiger partial charge is 0.504 e. The zero-order valence-electron chi connectivity index (χ0n) is 13.6. The van der Waals surface area contributed by atoms with Crippen molar-refractivity contribution >= 4 is 11.9 Å². The number of carbonyl (C=O) groups is 2. The molecule has 2 aliphatic rings. The smallest absolute Gasteiger partial charge is 0.308 e. The van der Waals surface area contributed by atoms with E-state index < -0.39 is 5.97 Å². The maximum absolute atomic E-state index is 12.1. The zero-order chi connectivity index (χ0) is 16.9. The Morgan fingerprint density at radius 2 is 2.04 bits per heavy atom. The van der Waals surface area contributed by atoms with Crippen LogP contribution >= 0.6 is 0 Å². The molecule has 7 nitrogen and oxygen atoms in total. The summed E-state index contributed by atoms with van der Waals surface area (Å²) in [5.74, 6) is 0.221. The van der Waals surface area contributed by atoms with Gasteiger partial charge < -0.3 is 19.9 Å². The van der Waals surface area contributed by atoms with E-state index in [0.717, 1.165) is 0 Å². The number of nitrogens with one attached hydrogen (secondary N) is 1. The van der Waals surface area contributed by atoms with Crippen molar-refractivity contribution in [3.8, 4) is 17.2 Å². The molecule has 2 N–H and O–H groups in total. The van der Waals surface area contributed by atoms with Gasteiger partial charge in [-0.05, 0) is 14.0 Å². The van der Waals surface area contributed by atoms with Crippen LogP contribution in [-0.4, -0.2) is 48.6 Å². The van der Waals surface area contributed by atoms with Crippen LogP contribution in [0.15, 0.2) is 0 Å². The number of aromatic hydroxyl groups is 1. The minimum absolute atomic E-state index is 0.0438. The molecule has 1 saturated heterocycles. The number of rotatable bonds is 2. The summed E-state index contributed by atoms with van der Waals surface area (Å²) in [5.41, 5.74) is 1.92. The van der Waals surface area contributed by atoms with Crippen molar-refractivity contribution in [2.75, 3.05) is 20.7 Å². The first-order valence-corrected chi connectivity index (χ1v) is 7.47. The highest BCUT2D eigenvalue weighted by molar-refractivity contribution is 5.85. The first-order chi connectivity index (χ1) is 10.9. The first-order valence-electron chi connectivity index (χ1n) is 7.47. The molecule has 1 aromatic rings. The van der Waals surface area contributed by atoms with E-state index in [0.29, 0.717) is 41.2 Å². The molecule has 0 aromatic heterocycles. The first kappa shape index (κ1) is 15.6. The summed E-state index contributed by atoms with van der Waals surface area (Å²) in [6.07, 6.45) is 0.370. The lowest BCUT2D eigenvalue weighted by atomic mass is 9.83. The summed E-state index contributed by atoms with van der Waals surface area (Å²) in [6.45, 7) is 3.44. The molecule has 2 atom stereocenters. The van der Waals surface area contributed by atoms with Crippen molar-refractivity contribution in [3.63, 3.8) is 0 Å². The van der Waals surface area contributed by atoms with Crippen molar-refractivity contribution in [2.45, 2.75) is 32.4 Å². The molecule has 1 aromatic carbocycles. The Bertz CT molecular complexity index is 700. The number of hydrogen-bond donors (Lipinski definition) is 2. The van der Waals surface area contributed by atoms with Gasteiger partial charge in [-0.1, -0.05) is 0 Å². The van der Waals surface area contributed by atoms with Gasteiger partial charge in [-0.15, -0.1) is 0 Å². The average molecular weight is 320 g/mol. The third-order valence-electron chi connectivity index (χ3n) is 4.69. The van der Waals surface area contributed by atoms with E-state index in [-0.39, 0.29) is 23.7 Å². The third-order valence-corrected chi connectivity index (χ3v) is 4.69. The summed E-state index contributed by atoms with van der Waals surface area (Å²) >= 11 is 0. The lowest BCUT2D eigenvalue weighted by Gasteiger charge is -2.44. The Kier molecular flexibility index (Phi) is 3.68. The van der Waals surface area contributed by atoms with Gasteiger partial charge in [0.25, 0.3) is 0 Å². The Balaban J connectivity index is 2.27. The van der Waals surface area contributed by atoms with Crippen LogP contribution in [0.25, 0.3) is 0 Å². The molecule has 7 heteroatoms. The van der Waals surface area contributed by atoms with Gasteiger partial charge in [0.1, 0.15) is 5.75 Å². The van der Waals surface area contributed by atoms with Gasteiger partial charge in [0, 0.05) is 36.6 Å². The second-order valence-electron chi connectivity index (χ2n) is 5.97. The van der Waals surface area contributed by atoms with Gasteiger partial charge >= 0.3 is 5.97 Å². The number of ether oxygens (including phenoxy) is 2. The van der Waals surface area contributed by atoms with Crippen molar-refractivity contribution in [2.24, 2.45) is 0 Å². The molecule has 0 aliphatic carbocycles. The Hall–Kier alpha value is -2.28. The van der Waals surface area contributed by atoms with Crippen LogP contribution in [-0.2, 0) is 16.0 Å². The highest BCUT2D eigenvalue weighted by Gasteiger charge is 2.44. The molecule has 23 heavy (non-hydrogen) atoms. The van der Waals surface area contributed by atoms with E-state index in [2.05, 4.69) is 5.32 Å². The number of fused-ring (bicyclic) bond motifs is 4. The highest BCUT2D eigenvalue weighted by atomic mass is 16.5. The van der Waals surface area contributed by atoms with Crippen molar-refractivity contribution in [1.29, 1.82) is 0 Å². The molecule has 124 valence electrons. The van der Waals surface area contributed by atoms with E-state index in [1.807, 2.05) is 11.9 Å². The fourth-order valence-electron chi connectivity index (χ4n) is 3.58. The molecule has 2 bridgehead atoms. The normalized spacial score (nSPS) is 23.0. The Morgan fingerprint density at radius 3 is 2.65 bits per heavy atom. The number of methoxy groups -OCH3 is 1. The number of amides is 1. The number of esters is 1. The van der Waals surface area contributed by atoms with Gasteiger partial charge in [-0.3, -0.25) is 14.5 Å². The van der Waals surface area contributed by atoms with Crippen molar-refractivity contribution < 1.29 is 24.2 Å². The molecular weight excluding hydrogens is 300 g/mol. The summed E-state index contributed by atoms with van der Waals surface area (Å²) in [7, 11) is 3.32. The molecule has 1 fully saturated rings. The summed E-state index contributed by atoms with van der Waals surface area (Å²) < 4.78 is 10.7. The molecule has 2 unspecified atom stereocenters. The van der Waals surface area contributed by atoms with Crippen LogP contribution in [0.3, 0.4) is 0 Å². The number of phenolic OH excluding ortho intramolecular Hbond substituents is 1. The molecule has 2 heterocycles. The van der Waals surface area contributed by atoms with Crippen molar-refractivity contribution in [3.05, 3.63) is 16.7 Å². The van der Waals surface area contributed by atoms with Gasteiger partial charge in [0.2, 0.25) is 5.91 Å². The molecule has 1 amide bonds. The Labute approximate surface area is 134 Å². The number of piperazine rings is 1. The number of nitrogens with zero attached hydrogens (tertiary/aromatic N) is 1. The van der Waals surface area contributed by atoms with E-state index in [4.69, 9.17) is 9.47 Å². The zero-order valence-corrected chi connectivity index (χ0v) is 13.6. The lowest BCUT2D eigenvalue weighted by Crippen LogP contribution is -2.58. The van der Waals surface area contributed by atoms with Crippen LogP contribution in [0.5, 0.6) is 17.2 Å². The second-order valence-corrected chi connectivity index (χ2v) is 5.97. The number of phenols is 1. The standard InChI is InChI=1S/C16H20N2O5/c1-7-14(23-8(2)19)9-5-10-16(21)17-6-11(18(10)3)12(9)13(20)15(7)22-4/h10-11,20H,5-6H2,1-4H3,(H,17,21). The number of likely N-dealkylation sites (N-methyl/N-ethyl adjacent to an activating group) is 1. The highest BCUT2D eigenvalue weighted by Crippen LogP contribution is 2.50. The third kappa shape index (κ3) is 2.23. The maximum atomic E-state index is 12.1. The van der Waals surface area contributed by atoms with Crippen LogP contribution in [0.4, 0.5) is 0 Å². The van der Waals surface area contributed by atoms with Gasteiger partial charge in [-0.2, -0.15) is 0 Å².